The first-order chi connectivity index (χ1) is 11.2. The van der Waals surface area contributed by atoms with Crippen LogP contribution in [0, 0.1) is 6.92 Å². The number of carbonyl (C=O) groups is 1. The number of rotatable bonds is 5. The fraction of sp³-hybridized carbons (Fsp3) is 0.105. The van der Waals surface area contributed by atoms with Gasteiger partial charge in [0.05, 0.1) is 0 Å². The summed E-state index contributed by atoms with van der Waals surface area (Å²) < 4.78 is 0. The molecule has 0 fully saturated rings. The van der Waals surface area contributed by atoms with Gasteiger partial charge in [-0.3, -0.25) is 4.79 Å². The molecule has 2 aromatic carbocycles. The Morgan fingerprint density at radius 3 is 2.26 bits per heavy atom. The van der Waals surface area contributed by atoms with Crippen molar-refractivity contribution in [3.05, 3.63) is 89.7 Å². The minimum atomic E-state index is -0.361. The molecule has 1 aromatic heterocycles. The average molecular weight is 320 g/mol. The summed E-state index contributed by atoms with van der Waals surface area (Å²) in [5.41, 5.74) is 2.54. The summed E-state index contributed by atoms with van der Waals surface area (Å²) in [4.78, 5) is 21.7. The molecule has 0 aliphatic heterocycles. The number of thioether (sulfide) groups is 1. The first-order valence-corrected chi connectivity index (χ1v) is 8.22. The van der Waals surface area contributed by atoms with E-state index in [1.807, 2.05) is 73.7 Å². The normalized spacial score (nSPS) is 11.9. The lowest BCUT2D eigenvalue weighted by Crippen LogP contribution is -2.10. The van der Waals surface area contributed by atoms with Crippen molar-refractivity contribution in [3.8, 4) is 0 Å². The highest BCUT2D eigenvalue weighted by atomic mass is 32.2. The van der Waals surface area contributed by atoms with Crippen molar-refractivity contribution >= 4 is 17.5 Å². The SMILES string of the molecule is Cc1ccnc(S[C@H](C(=O)c2ccccc2)c2ccccc2)n1. The summed E-state index contributed by atoms with van der Waals surface area (Å²) in [6.45, 7) is 1.92. The quantitative estimate of drug-likeness (QED) is 0.394. The highest BCUT2D eigenvalue weighted by molar-refractivity contribution is 8.00. The lowest BCUT2D eigenvalue weighted by atomic mass is 10.0. The molecule has 0 N–H and O–H groups in total. The van der Waals surface area contributed by atoms with Crippen LogP contribution < -0.4 is 0 Å². The summed E-state index contributed by atoms with van der Waals surface area (Å²) >= 11 is 1.39. The van der Waals surface area contributed by atoms with Crippen molar-refractivity contribution in [2.45, 2.75) is 17.3 Å². The van der Waals surface area contributed by atoms with E-state index in [0.717, 1.165) is 11.3 Å². The van der Waals surface area contributed by atoms with Crippen LogP contribution in [-0.4, -0.2) is 15.8 Å². The van der Waals surface area contributed by atoms with Crippen LogP contribution in [0.15, 0.2) is 78.1 Å². The van der Waals surface area contributed by atoms with Crippen molar-refractivity contribution in [1.82, 2.24) is 9.97 Å². The maximum Gasteiger partial charge on any atom is 0.188 e. The van der Waals surface area contributed by atoms with Crippen LogP contribution in [0.2, 0.25) is 0 Å². The summed E-state index contributed by atoms with van der Waals surface area (Å²) in [7, 11) is 0. The van der Waals surface area contributed by atoms with Gasteiger partial charge in [-0.15, -0.1) is 0 Å². The molecule has 3 rings (SSSR count). The molecular formula is C19H16N2OS. The third-order valence-corrected chi connectivity index (χ3v) is 4.52. The maximum absolute atomic E-state index is 13.0. The zero-order chi connectivity index (χ0) is 16.1. The third-order valence-electron chi connectivity index (χ3n) is 3.39. The van der Waals surface area contributed by atoms with Gasteiger partial charge in [-0.2, -0.15) is 0 Å². The Morgan fingerprint density at radius 1 is 0.957 bits per heavy atom. The molecule has 0 unspecified atom stereocenters. The molecule has 3 nitrogen and oxygen atoms in total. The van der Waals surface area contributed by atoms with Gasteiger partial charge >= 0.3 is 0 Å². The van der Waals surface area contributed by atoms with Gasteiger partial charge < -0.3 is 0 Å². The van der Waals surface area contributed by atoms with Crippen LogP contribution >= 0.6 is 11.8 Å². The first kappa shape index (κ1) is 15.4. The number of aromatic nitrogens is 2. The van der Waals surface area contributed by atoms with E-state index in [1.54, 1.807) is 6.20 Å². The Bertz CT molecular complexity index is 791. The Morgan fingerprint density at radius 2 is 1.61 bits per heavy atom. The number of nitrogens with zero attached hydrogens (tertiary/aromatic N) is 2. The molecule has 1 heterocycles. The van der Waals surface area contributed by atoms with Crippen molar-refractivity contribution in [2.24, 2.45) is 0 Å². The molecule has 0 saturated heterocycles. The van der Waals surface area contributed by atoms with E-state index in [4.69, 9.17) is 0 Å². The monoisotopic (exact) mass is 320 g/mol. The first-order valence-electron chi connectivity index (χ1n) is 7.34. The Balaban J connectivity index is 1.96. The summed E-state index contributed by atoms with van der Waals surface area (Å²) in [5.74, 6) is 0.0620. The highest BCUT2D eigenvalue weighted by Gasteiger charge is 2.24. The fourth-order valence-corrected chi connectivity index (χ4v) is 3.31. The molecule has 114 valence electrons. The number of carbonyl (C=O) groups excluding carboxylic acids is 1. The molecule has 0 aliphatic rings. The van der Waals surface area contributed by atoms with Crippen LogP contribution in [0.25, 0.3) is 0 Å². The summed E-state index contributed by atoms with van der Waals surface area (Å²) in [6.07, 6.45) is 1.72. The number of aryl methyl sites for hydroxylation is 1. The van der Waals surface area contributed by atoms with E-state index in [1.165, 1.54) is 11.8 Å². The molecule has 0 bridgehead atoms. The van der Waals surface area contributed by atoms with E-state index in [0.29, 0.717) is 10.7 Å². The van der Waals surface area contributed by atoms with Crippen LogP contribution in [0.3, 0.4) is 0 Å². The second-order valence-electron chi connectivity index (χ2n) is 5.12. The number of hydrogen-bond donors (Lipinski definition) is 0. The van der Waals surface area contributed by atoms with E-state index >= 15 is 0 Å². The van der Waals surface area contributed by atoms with Crippen LogP contribution in [-0.2, 0) is 0 Å². The zero-order valence-corrected chi connectivity index (χ0v) is 13.5. The van der Waals surface area contributed by atoms with E-state index in [9.17, 15) is 4.79 Å². The minimum Gasteiger partial charge on any atom is -0.293 e. The number of hydrogen-bond acceptors (Lipinski definition) is 4. The second-order valence-corrected chi connectivity index (χ2v) is 6.19. The van der Waals surface area contributed by atoms with Crippen LogP contribution in [0.1, 0.15) is 26.9 Å². The molecule has 3 aromatic rings. The lowest BCUT2D eigenvalue weighted by Gasteiger charge is -2.15. The fourth-order valence-electron chi connectivity index (χ4n) is 2.24. The third kappa shape index (κ3) is 3.85. The largest absolute Gasteiger partial charge is 0.293 e. The molecule has 0 aliphatic carbocycles. The predicted molar refractivity (Wildman–Crippen MR) is 92.6 cm³/mol. The average Bonchev–Trinajstić information content (AvgIpc) is 2.61. The minimum absolute atomic E-state index is 0.0620. The van der Waals surface area contributed by atoms with Crippen molar-refractivity contribution < 1.29 is 4.79 Å². The molecule has 1 atom stereocenters. The van der Waals surface area contributed by atoms with Crippen LogP contribution in [0.5, 0.6) is 0 Å². The number of Topliss-reactive ketones (excluding diaryl/α,β-unsaturated/α-hetero) is 1. The zero-order valence-electron chi connectivity index (χ0n) is 12.7. The topological polar surface area (TPSA) is 42.9 Å². The summed E-state index contributed by atoms with van der Waals surface area (Å²) in [6, 6.07) is 21.0. The van der Waals surface area contributed by atoms with Gasteiger partial charge in [0.15, 0.2) is 10.9 Å². The smallest absolute Gasteiger partial charge is 0.188 e. The number of ketones is 1. The van der Waals surface area contributed by atoms with Gasteiger partial charge in [0.1, 0.15) is 5.25 Å². The van der Waals surface area contributed by atoms with Crippen LogP contribution in [0.4, 0.5) is 0 Å². The predicted octanol–water partition coefficient (Wildman–Crippen LogP) is 4.50. The Labute approximate surface area is 139 Å². The molecule has 23 heavy (non-hydrogen) atoms. The molecular weight excluding hydrogens is 304 g/mol. The molecule has 4 heteroatoms. The molecule has 0 amide bonds. The standard InChI is InChI=1S/C19H16N2OS/c1-14-12-13-20-19(21-14)23-18(16-10-6-3-7-11-16)17(22)15-8-4-2-5-9-15/h2-13,18H,1H3/t18-/m0/s1. The van der Waals surface area contributed by atoms with Gasteiger partial charge in [0.25, 0.3) is 0 Å². The van der Waals surface area contributed by atoms with E-state index in [-0.39, 0.29) is 11.0 Å². The molecule has 0 radical (unpaired) electrons. The van der Waals surface area contributed by atoms with Gasteiger partial charge in [-0.1, -0.05) is 72.4 Å². The Hall–Kier alpha value is -2.46. The van der Waals surface area contributed by atoms with E-state index < -0.39 is 0 Å². The highest BCUT2D eigenvalue weighted by Crippen LogP contribution is 2.36. The van der Waals surface area contributed by atoms with Gasteiger partial charge in [0.2, 0.25) is 0 Å². The number of benzene rings is 2. The van der Waals surface area contributed by atoms with Gasteiger partial charge in [-0.05, 0) is 18.6 Å². The van der Waals surface area contributed by atoms with Crippen molar-refractivity contribution in [3.63, 3.8) is 0 Å². The molecule has 0 spiro atoms. The molecule has 0 saturated carbocycles. The maximum atomic E-state index is 13.0. The second kappa shape index (κ2) is 7.20. The Kier molecular flexibility index (Phi) is 4.83. The van der Waals surface area contributed by atoms with Crippen molar-refractivity contribution in [2.75, 3.05) is 0 Å². The van der Waals surface area contributed by atoms with E-state index in [2.05, 4.69) is 9.97 Å². The van der Waals surface area contributed by atoms with Crippen molar-refractivity contribution in [1.29, 1.82) is 0 Å². The lowest BCUT2D eigenvalue weighted by molar-refractivity contribution is 0.0989. The van der Waals surface area contributed by atoms with Gasteiger partial charge in [0, 0.05) is 17.5 Å². The summed E-state index contributed by atoms with van der Waals surface area (Å²) in [5, 5.41) is 0.253. The van der Waals surface area contributed by atoms with Gasteiger partial charge in [-0.25, -0.2) is 9.97 Å².